The van der Waals surface area contributed by atoms with E-state index >= 15 is 0 Å². The van der Waals surface area contributed by atoms with Gasteiger partial charge in [0.25, 0.3) is 0 Å². The van der Waals surface area contributed by atoms with Crippen molar-refractivity contribution in [3.8, 4) is 44.7 Å². The molecule has 7 aromatic rings. The van der Waals surface area contributed by atoms with Crippen LogP contribution in [0.5, 0.6) is 0 Å². The van der Waals surface area contributed by atoms with Crippen LogP contribution in [-0.4, -0.2) is 31.8 Å². The second-order valence-corrected chi connectivity index (χ2v) is 13.8. The van der Waals surface area contributed by atoms with Crippen molar-refractivity contribution in [2.75, 3.05) is 0 Å². The molecule has 0 saturated carbocycles. The third kappa shape index (κ3) is 7.17. The van der Waals surface area contributed by atoms with Crippen molar-refractivity contribution < 1.29 is 0 Å². The van der Waals surface area contributed by atoms with Crippen LogP contribution in [-0.2, 0) is 0 Å². The van der Waals surface area contributed by atoms with Gasteiger partial charge >= 0.3 is 0 Å². The highest BCUT2D eigenvalue weighted by Gasteiger charge is 2.19. The Bertz CT molecular complexity index is 2500. The average molecular weight is 706 g/mol. The third-order valence-electron chi connectivity index (χ3n) is 9.31. The van der Waals surface area contributed by atoms with Crippen molar-refractivity contribution in [1.82, 2.24) is 24.5 Å². The number of allylic oxidation sites excluding steroid dienone is 6. The molecule has 0 N–H and O–H groups in total. The molecule has 0 aliphatic heterocycles. The number of nitrogens with zero attached hydrogens (tertiary/aromatic N) is 5. The van der Waals surface area contributed by atoms with Crippen LogP contribution in [0.1, 0.15) is 36.4 Å². The molecule has 3 aromatic heterocycles. The summed E-state index contributed by atoms with van der Waals surface area (Å²) in [4.78, 5) is 19.8. The van der Waals surface area contributed by atoms with Gasteiger partial charge in [0.2, 0.25) is 0 Å². The largest absolute Gasteiger partial charge is 0.315 e. The Morgan fingerprint density at radius 1 is 0.755 bits per heavy atom. The number of fused-ring (bicyclic) bond motifs is 1. The van der Waals surface area contributed by atoms with E-state index in [0.717, 1.165) is 56.0 Å². The SMILES string of the molecule is C=C/C=C(\C=C)n1c(C)c(/C=C(\C)c2cccc(-c3nc4cc(-c5nc(-c6ccccc6)nc(-c6ccccc6)n5)ccc4s3)c2)c(BC)c1/C=C\C. The van der Waals surface area contributed by atoms with Gasteiger partial charge in [-0.3, -0.25) is 0 Å². The predicted octanol–water partition coefficient (Wildman–Crippen LogP) is 11.2. The highest BCUT2D eigenvalue weighted by atomic mass is 32.1. The monoisotopic (exact) mass is 705 g/mol. The standard InChI is InChI=1S/C46H40BN5S/c1-7-17-37(9-3)52-31(5)38(42(47-6)40(52)18-8-2)27-30(4)34-23-16-24-36(28-34)46-48-39-29-35(25-26-41(39)53-46)45-50-43(32-19-12-10-13-20-32)49-44(51-45)33-21-14-11-15-22-33/h7-29,47H,1,3H2,2,4-6H3/b18-8-,30-27+,37-17+. The van der Waals surface area contributed by atoms with Crippen molar-refractivity contribution >= 4 is 57.7 Å². The zero-order valence-electron chi connectivity index (χ0n) is 30.5. The fraction of sp³-hybridized carbons (Fsp3) is 0.0870. The van der Waals surface area contributed by atoms with E-state index in [1.165, 1.54) is 28.0 Å². The number of thiazole rings is 1. The summed E-state index contributed by atoms with van der Waals surface area (Å²) in [5.41, 5.74) is 13.0. The van der Waals surface area contributed by atoms with Gasteiger partial charge in [-0.05, 0) is 80.0 Å². The second kappa shape index (κ2) is 15.6. The van der Waals surface area contributed by atoms with Crippen molar-refractivity contribution in [2.45, 2.75) is 27.6 Å². The van der Waals surface area contributed by atoms with Gasteiger partial charge in [-0.25, -0.2) is 19.9 Å². The van der Waals surface area contributed by atoms with Gasteiger partial charge in [-0.1, -0.05) is 123 Å². The maximum absolute atomic E-state index is 5.13. The molecule has 258 valence electrons. The van der Waals surface area contributed by atoms with E-state index in [1.807, 2.05) is 78.9 Å². The average Bonchev–Trinajstić information content (AvgIpc) is 3.75. The minimum Gasteiger partial charge on any atom is -0.315 e. The maximum atomic E-state index is 5.13. The molecule has 7 rings (SSSR count). The molecular weight excluding hydrogens is 665 g/mol. The van der Waals surface area contributed by atoms with Gasteiger partial charge in [0.15, 0.2) is 24.8 Å². The van der Waals surface area contributed by atoms with Gasteiger partial charge in [0.05, 0.1) is 10.2 Å². The highest BCUT2D eigenvalue weighted by Crippen LogP contribution is 2.35. The minimum absolute atomic E-state index is 0.616. The lowest BCUT2D eigenvalue weighted by Crippen LogP contribution is -2.16. The van der Waals surface area contributed by atoms with Crippen molar-refractivity contribution in [2.24, 2.45) is 0 Å². The molecule has 0 spiro atoms. The van der Waals surface area contributed by atoms with E-state index in [-0.39, 0.29) is 0 Å². The van der Waals surface area contributed by atoms with Crippen LogP contribution >= 0.6 is 11.3 Å². The predicted molar refractivity (Wildman–Crippen MR) is 229 cm³/mol. The summed E-state index contributed by atoms with van der Waals surface area (Å²) in [5, 5.41) is 0.967. The number of hydrogen-bond donors (Lipinski definition) is 0. The first-order valence-electron chi connectivity index (χ1n) is 17.8. The lowest BCUT2D eigenvalue weighted by molar-refractivity contribution is 1.04. The Balaban J connectivity index is 1.25. The first-order chi connectivity index (χ1) is 25.9. The quantitative estimate of drug-likeness (QED) is 0.0993. The first-order valence-corrected chi connectivity index (χ1v) is 18.6. The van der Waals surface area contributed by atoms with Crippen LogP contribution < -0.4 is 5.46 Å². The normalized spacial score (nSPS) is 12.1. The summed E-state index contributed by atoms with van der Waals surface area (Å²) in [6.07, 6.45) is 12.3. The van der Waals surface area contributed by atoms with E-state index in [1.54, 1.807) is 11.3 Å². The molecular formula is C46H40BN5S. The highest BCUT2D eigenvalue weighted by molar-refractivity contribution is 7.21. The van der Waals surface area contributed by atoms with E-state index in [4.69, 9.17) is 19.9 Å². The molecule has 0 amide bonds. The van der Waals surface area contributed by atoms with Crippen LogP contribution in [0.2, 0.25) is 6.82 Å². The van der Waals surface area contributed by atoms with Crippen molar-refractivity contribution in [3.63, 3.8) is 0 Å². The Labute approximate surface area is 316 Å². The summed E-state index contributed by atoms with van der Waals surface area (Å²) in [6, 6.07) is 35.0. The van der Waals surface area contributed by atoms with Gasteiger partial charge < -0.3 is 4.57 Å². The zero-order valence-corrected chi connectivity index (χ0v) is 31.4. The van der Waals surface area contributed by atoms with E-state index in [2.05, 4.69) is 106 Å². The number of aromatic nitrogens is 5. The number of hydrogen-bond acceptors (Lipinski definition) is 5. The van der Waals surface area contributed by atoms with Gasteiger partial charge in [-0.15, -0.1) is 11.3 Å². The molecule has 0 aliphatic carbocycles. The molecule has 53 heavy (non-hydrogen) atoms. The molecule has 0 unspecified atom stereocenters. The summed E-state index contributed by atoms with van der Waals surface area (Å²) in [6.45, 7) is 16.7. The first kappa shape index (κ1) is 35.2. The molecule has 5 nitrogen and oxygen atoms in total. The summed E-state index contributed by atoms with van der Waals surface area (Å²) in [7, 11) is 0.907. The van der Waals surface area contributed by atoms with Gasteiger partial charge in [0, 0.05) is 39.3 Å². The Morgan fingerprint density at radius 2 is 1.40 bits per heavy atom. The molecule has 0 fully saturated rings. The van der Waals surface area contributed by atoms with Crippen LogP contribution in [0.3, 0.4) is 0 Å². The Morgan fingerprint density at radius 3 is 2.00 bits per heavy atom. The van der Waals surface area contributed by atoms with E-state index < -0.39 is 0 Å². The summed E-state index contributed by atoms with van der Waals surface area (Å²) >= 11 is 1.69. The zero-order chi connectivity index (χ0) is 36.9. The molecule has 0 aliphatic rings. The topological polar surface area (TPSA) is 56.5 Å². The third-order valence-corrected chi connectivity index (χ3v) is 10.4. The Kier molecular flexibility index (Phi) is 10.4. The number of rotatable bonds is 11. The fourth-order valence-corrected chi connectivity index (χ4v) is 7.64. The Hall–Kier alpha value is -6.18. The molecule has 4 aromatic carbocycles. The summed E-state index contributed by atoms with van der Waals surface area (Å²) in [5.74, 6) is 1.89. The molecule has 0 atom stereocenters. The molecule has 0 bridgehead atoms. The van der Waals surface area contributed by atoms with Crippen LogP contribution in [0.15, 0.2) is 141 Å². The van der Waals surface area contributed by atoms with Gasteiger partial charge in [0.1, 0.15) is 5.01 Å². The molecule has 3 heterocycles. The lowest BCUT2D eigenvalue weighted by atomic mass is 9.70. The van der Waals surface area contributed by atoms with Crippen LogP contribution in [0.4, 0.5) is 0 Å². The van der Waals surface area contributed by atoms with Crippen LogP contribution in [0, 0.1) is 6.92 Å². The van der Waals surface area contributed by atoms with Gasteiger partial charge in [-0.2, -0.15) is 0 Å². The molecule has 0 radical (unpaired) electrons. The molecule has 0 saturated heterocycles. The lowest BCUT2D eigenvalue weighted by Gasteiger charge is -2.11. The summed E-state index contributed by atoms with van der Waals surface area (Å²) < 4.78 is 3.38. The van der Waals surface area contributed by atoms with E-state index in [9.17, 15) is 0 Å². The van der Waals surface area contributed by atoms with Crippen LogP contribution in [0.25, 0.3) is 78.4 Å². The maximum Gasteiger partial charge on any atom is 0.164 e. The van der Waals surface area contributed by atoms with E-state index in [0.29, 0.717) is 17.5 Å². The smallest absolute Gasteiger partial charge is 0.164 e. The minimum atomic E-state index is 0.616. The number of benzene rings is 4. The van der Waals surface area contributed by atoms with Crippen molar-refractivity contribution in [3.05, 3.63) is 163 Å². The molecule has 7 heteroatoms. The second-order valence-electron chi connectivity index (χ2n) is 12.7. The fourth-order valence-electron chi connectivity index (χ4n) is 6.70. The van der Waals surface area contributed by atoms with Crippen molar-refractivity contribution in [1.29, 1.82) is 0 Å².